The van der Waals surface area contributed by atoms with Crippen molar-refractivity contribution in [3.63, 3.8) is 0 Å². The molecule has 0 saturated carbocycles. The van der Waals surface area contributed by atoms with E-state index in [1.165, 1.54) is 12.0 Å². The molecule has 0 bridgehead atoms. The molecule has 0 aliphatic rings. The second-order valence-corrected chi connectivity index (χ2v) is 6.52. The highest BCUT2D eigenvalue weighted by molar-refractivity contribution is 9.11. The van der Waals surface area contributed by atoms with Crippen molar-refractivity contribution in [2.45, 2.75) is 33.1 Å². The van der Waals surface area contributed by atoms with Gasteiger partial charge in [-0.1, -0.05) is 13.8 Å². The normalized spacial score (nSPS) is 11.0. The second kappa shape index (κ2) is 8.18. The van der Waals surface area contributed by atoms with Gasteiger partial charge in [-0.05, 0) is 81.3 Å². The van der Waals surface area contributed by atoms with Crippen LogP contribution in [0, 0.1) is 5.92 Å². The third kappa shape index (κ3) is 5.29. The van der Waals surface area contributed by atoms with Gasteiger partial charge in [-0.25, -0.2) is 0 Å². The lowest BCUT2D eigenvalue weighted by molar-refractivity contribution is 0.294. The van der Waals surface area contributed by atoms with Crippen LogP contribution < -0.4 is 10.5 Å². The smallest absolute Gasteiger partial charge is 0.147 e. The van der Waals surface area contributed by atoms with Crippen molar-refractivity contribution in [3.05, 3.63) is 26.6 Å². The van der Waals surface area contributed by atoms with Crippen molar-refractivity contribution in [1.29, 1.82) is 0 Å². The zero-order valence-electron chi connectivity index (χ0n) is 11.0. The molecule has 2 N–H and O–H groups in total. The Labute approximate surface area is 127 Å². The maximum absolute atomic E-state index is 5.83. The summed E-state index contributed by atoms with van der Waals surface area (Å²) < 4.78 is 7.81. The number of rotatable bonds is 7. The van der Waals surface area contributed by atoms with E-state index in [0.717, 1.165) is 40.1 Å². The van der Waals surface area contributed by atoms with Crippen molar-refractivity contribution in [3.8, 4) is 5.75 Å². The van der Waals surface area contributed by atoms with Crippen LogP contribution in [0.25, 0.3) is 0 Å². The van der Waals surface area contributed by atoms with E-state index >= 15 is 0 Å². The Bertz CT molecular complexity index is 357. The maximum atomic E-state index is 5.83. The first-order chi connectivity index (χ1) is 8.54. The van der Waals surface area contributed by atoms with Crippen molar-refractivity contribution in [1.82, 2.24) is 0 Å². The standard InChI is InChI=1S/C14H21Br2NO/c1-10(2)4-3-7-18-14-12(15)8-11(5-6-17)9-13(14)16/h8-10H,3-7,17H2,1-2H3. The molecule has 102 valence electrons. The maximum Gasteiger partial charge on any atom is 0.147 e. The van der Waals surface area contributed by atoms with Crippen LogP contribution in [0.5, 0.6) is 5.75 Å². The molecule has 1 aromatic carbocycles. The molecule has 0 spiro atoms. The predicted molar refractivity (Wildman–Crippen MR) is 84.2 cm³/mol. The molecular weight excluding hydrogens is 358 g/mol. The van der Waals surface area contributed by atoms with Crippen molar-refractivity contribution in [2.75, 3.05) is 13.2 Å². The fourth-order valence-corrected chi connectivity index (χ4v) is 3.24. The average Bonchev–Trinajstić information content (AvgIpc) is 2.27. The first-order valence-corrected chi connectivity index (χ1v) is 7.94. The van der Waals surface area contributed by atoms with Crippen LogP contribution in [0.15, 0.2) is 21.1 Å². The van der Waals surface area contributed by atoms with Crippen LogP contribution in [-0.4, -0.2) is 13.2 Å². The van der Waals surface area contributed by atoms with Crippen molar-refractivity contribution in [2.24, 2.45) is 11.7 Å². The first-order valence-electron chi connectivity index (χ1n) is 6.35. The summed E-state index contributed by atoms with van der Waals surface area (Å²) >= 11 is 7.11. The summed E-state index contributed by atoms with van der Waals surface area (Å²) in [5, 5.41) is 0. The summed E-state index contributed by atoms with van der Waals surface area (Å²) in [5.74, 6) is 1.62. The lowest BCUT2D eigenvalue weighted by atomic mass is 10.1. The Morgan fingerprint density at radius 1 is 1.22 bits per heavy atom. The van der Waals surface area contributed by atoms with E-state index in [1.807, 2.05) is 0 Å². The highest BCUT2D eigenvalue weighted by atomic mass is 79.9. The molecule has 0 atom stereocenters. The fraction of sp³-hybridized carbons (Fsp3) is 0.571. The molecule has 0 fully saturated rings. The minimum absolute atomic E-state index is 0.660. The summed E-state index contributed by atoms with van der Waals surface area (Å²) in [5.41, 5.74) is 6.78. The molecule has 0 radical (unpaired) electrons. The van der Waals surface area contributed by atoms with Gasteiger partial charge in [0.1, 0.15) is 5.75 Å². The molecule has 0 saturated heterocycles. The molecular formula is C14H21Br2NO. The van der Waals surface area contributed by atoms with Gasteiger partial charge in [-0.2, -0.15) is 0 Å². The first kappa shape index (κ1) is 16.0. The van der Waals surface area contributed by atoms with Gasteiger partial charge in [0.25, 0.3) is 0 Å². The molecule has 18 heavy (non-hydrogen) atoms. The van der Waals surface area contributed by atoms with Gasteiger partial charge in [0.2, 0.25) is 0 Å². The third-order valence-electron chi connectivity index (χ3n) is 2.66. The zero-order valence-corrected chi connectivity index (χ0v) is 14.2. The molecule has 0 unspecified atom stereocenters. The van der Waals surface area contributed by atoms with E-state index in [9.17, 15) is 0 Å². The Kier molecular flexibility index (Phi) is 7.27. The number of hydrogen-bond donors (Lipinski definition) is 1. The van der Waals surface area contributed by atoms with Gasteiger partial charge < -0.3 is 10.5 Å². The molecule has 2 nitrogen and oxygen atoms in total. The number of benzene rings is 1. The van der Waals surface area contributed by atoms with Crippen LogP contribution in [0.4, 0.5) is 0 Å². The SMILES string of the molecule is CC(C)CCCOc1c(Br)cc(CCN)cc1Br. The molecule has 0 aliphatic heterocycles. The highest BCUT2D eigenvalue weighted by Gasteiger charge is 2.09. The zero-order chi connectivity index (χ0) is 13.5. The summed E-state index contributed by atoms with van der Waals surface area (Å²) in [4.78, 5) is 0. The molecule has 4 heteroatoms. The second-order valence-electron chi connectivity index (χ2n) is 4.81. The third-order valence-corrected chi connectivity index (χ3v) is 3.84. The van der Waals surface area contributed by atoms with Gasteiger partial charge in [-0.3, -0.25) is 0 Å². The quantitative estimate of drug-likeness (QED) is 0.707. The lowest BCUT2D eigenvalue weighted by Crippen LogP contribution is -2.04. The fourth-order valence-electron chi connectivity index (χ4n) is 1.73. The Morgan fingerprint density at radius 3 is 2.33 bits per heavy atom. The molecule has 0 heterocycles. The van der Waals surface area contributed by atoms with Gasteiger partial charge >= 0.3 is 0 Å². The van der Waals surface area contributed by atoms with E-state index in [1.54, 1.807) is 0 Å². The van der Waals surface area contributed by atoms with Gasteiger partial charge in [0.15, 0.2) is 0 Å². The Morgan fingerprint density at radius 2 is 1.83 bits per heavy atom. The average molecular weight is 379 g/mol. The largest absolute Gasteiger partial charge is 0.491 e. The summed E-state index contributed by atoms with van der Waals surface area (Å²) in [6.07, 6.45) is 3.16. The molecule has 1 aromatic rings. The van der Waals surface area contributed by atoms with Gasteiger partial charge in [0.05, 0.1) is 15.6 Å². The van der Waals surface area contributed by atoms with E-state index in [2.05, 4.69) is 57.8 Å². The van der Waals surface area contributed by atoms with Crippen LogP contribution in [0.3, 0.4) is 0 Å². The van der Waals surface area contributed by atoms with Crippen LogP contribution in [0.1, 0.15) is 32.3 Å². The Hall–Kier alpha value is -0.0600. The molecule has 0 aromatic heterocycles. The predicted octanol–water partition coefficient (Wildman–Crippen LogP) is 4.53. The van der Waals surface area contributed by atoms with E-state index in [4.69, 9.17) is 10.5 Å². The number of ether oxygens (including phenoxy) is 1. The van der Waals surface area contributed by atoms with Crippen molar-refractivity contribution < 1.29 is 4.74 Å². The van der Waals surface area contributed by atoms with Gasteiger partial charge in [0, 0.05) is 0 Å². The summed E-state index contributed by atoms with van der Waals surface area (Å²) in [7, 11) is 0. The van der Waals surface area contributed by atoms with Crippen LogP contribution in [-0.2, 0) is 6.42 Å². The van der Waals surface area contributed by atoms with Gasteiger partial charge in [-0.15, -0.1) is 0 Å². The minimum Gasteiger partial charge on any atom is -0.491 e. The Balaban J connectivity index is 2.60. The van der Waals surface area contributed by atoms with Crippen LogP contribution >= 0.6 is 31.9 Å². The van der Waals surface area contributed by atoms with E-state index in [-0.39, 0.29) is 0 Å². The lowest BCUT2D eigenvalue weighted by Gasteiger charge is -2.12. The summed E-state index contributed by atoms with van der Waals surface area (Å²) in [6, 6.07) is 4.16. The van der Waals surface area contributed by atoms with Crippen LogP contribution in [0.2, 0.25) is 0 Å². The topological polar surface area (TPSA) is 35.2 Å². The molecule has 1 rings (SSSR count). The monoisotopic (exact) mass is 377 g/mol. The highest BCUT2D eigenvalue weighted by Crippen LogP contribution is 2.35. The van der Waals surface area contributed by atoms with Crippen molar-refractivity contribution >= 4 is 31.9 Å². The summed E-state index contributed by atoms with van der Waals surface area (Å²) in [6.45, 7) is 5.87. The number of hydrogen-bond acceptors (Lipinski definition) is 2. The number of nitrogens with two attached hydrogens (primary N) is 1. The van der Waals surface area contributed by atoms with E-state index in [0.29, 0.717) is 6.54 Å². The molecule has 0 amide bonds. The minimum atomic E-state index is 0.660. The molecule has 0 aliphatic carbocycles. The number of halogens is 2. The van der Waals surface area contributed by atoms with E-state index < -0.39 is 0 Å².